The quantitative estimate of drug-likeness (QED) is 0.368. The van der Waals surface area contributed by atoms with E-state index in [9.17, 15) is 23.6 Å². The summed E-state index contributed by atoms with van der Waals surface area (Å²) in [5.41, 5.74) is 1.46. The predicted molar refractivity (Wildman–Crippen MR) is 137 cm³/mol. The number of aromatic nitrogens is 1. The molecule has 1 saturated carbocycles. The molecule has 3 atom stereocenters. The number of rotatable bonds is 10. The highest BCUT2D eigenvalue weighted by Gasteiger charge is 2.29. The Bertz CT molecular complexity index is 1280. The summed E-state index contributed by atoms with van der Waals surface area (Å²) < 4.78 is 13.6. The van der Waals surface area contributed by atoms with Gasteiger partial charge in [0.15, 0.2) is 0 Å². The number of halogens is 1. The second-order valence-corrected chi connectivity index (χ2v) is 9.90. The van der Waals surface area contributed by atoms with Crippen molar-refractivity contribution < 1.29 is 23.6 Å². The van der Waals surface area contributed by atoms with Crippen LogP contribution in [-0.2, 0) is 14.4 Å². The number of allylic oxidation sites excluding steroid dienone is 1. The van der Waals surface area contributed by atoms with Gasteiger partial charge >= 0.3 is 0 Å². The predicted octanol–water partition coefficient (Wildman–Crippen LogP) is 3.15. The second-order valence-electron chi connectivity index (χ2n) is 9.90. The zero-order chi connectivity index (χ0) is 26.2. The molecule has 1 aromatic carbocycles. The van der Waals surface area contributed by atoms with Crippen LogP contribution in [0.5, 0.6) is 0 Å². The minimum atomic E-state index is -0.665. The SMILES string of the molecule is O=C=CC(C[C@@H]1CCNC1=C=O)NC(=C=O)C(CC1CCCCC1)NC(=O)c1cc2cc(F)ccc2[nH]1. The molecule has 1 aliphatic heterocycles. The Balaban J connectivity index is 1.54. The van der Waals surface area contributed by atoms with Crippen LogP contribution in [0.25, 0.3) is 10.9 Å². The van der Waals surface area contributed by atoms with E-state index in [0.717, 1.165) is 25.7 Å². The topological polar surface area (TPSA) is 120 Å². The van der Waals surface area contributed by atoms with Gasteiger partial charge in [0.25, 0.3) is 5.91 Å². The summed E-state index contributed by atoms with van der Waals surface area (Å²) >= 11 is 0. The molecule has 2 aromatic rings. The first-order valence-corrected chi connectivity index (χ1v) is 12.8. The van der Waals surface area contributed by atoms with Gasteiger partial charge in [0.1, 0.15) is 35.0 Å². The van der Waals surface area contributed by atoms with Gasteiger partial charge in [-0.2, -0.15) is 0 Å². The van der Waals surface area contributed by atoms with Crippen LogP contribution in [-0.4, -0.2) is 47.3 Å². The molecule has 4 N–H and O–H groups in total. The van der Waals surface area contributed by atoms with Crippen LogP contribution < -0.4 is 16.0 Å². The molecular formula is C28H31FN4O4. The zero-order valence-electron chi connectivity index (χ0n) is 20.6. The maximum absolute atomic E-state index is 13.6. The van der Waals surface area contributed by atoms with Gasteiger partial charge in [-0.1, -0.05) is 32.1 Å². The van der Waals surface area contributed by atoms with E-state index in [1.54, 1.807) is 18.1 Å². The highest BCUT2D eigenvalue weighted by Crippen LogP contribution is 2.29. The Hall–Kier alpha value is -3.89. The maximum Gasteiger partial charge on any atom is 0.268 e. The molecule has 9 heteroatoms. The van der Waals surface area contributed by atoms with Crippen molar-refractivity contribution in [2.75, 3.05) is 6.54 Å². The monoisotopic (exact) mass is 506 g/mol. The summed E-state index contributed by atoms with van der Waals surface area (Å²) in [5.74, 6) is 5.00. The molecule has 0 spiro atoms. The number of hydrogen-bond acceptors (Lipinski definition) is 6. The van der Waals surface area contributed by atoms with Crippen LogP contribution in [0, 0.1) is 17.7 Å². The third-order valence-electron chi connectivity index (χ3n) is 7.36. The molecule has 1 amide bonds. The maximum atomic E-state index is 13.6. The Labute approximate surface area is 214 Å². The van der Waals surface area contributed by atoms with Crippen molar-refractivity contribution in [2.45, 2.75) is 63.5 Å². The van der Waals surface area contributed by atoms with Crippen LogP contribution >= 0.6 is 0 Å². The van der Waals surface area contributed by atoms with Gasteiger partial charge in [0.05, 0.1) is 17.8 Å². The lowest BCUT2D eigenvalue weighted by molar-refractivity contribution is 0.0930. The molecule has 4 rings (SSSR count). The number of aromatic amines is 1. The molecule has 194 valence electrons. The normalized spacial score (nSPS) is 19.2. The van der Waals surface area contributed by atoms with Gasteiger partial charge in [0.2, 0.25) is 0 Å². The van der Waals surface area contributed by atoms with Crippen LogP contribution in [0.1, 0.15) is 61.9 Å². The van der Waals surface area contributed by atoms with Crippen molar-refractivity contribution in [3.05, 3.63) is 53.2 Å². The Morgan fingerprint density at radius 2 is 1.89 bits per heavy atom. The first kappa shape index (κ1) is 26.2. The van der Waals surface area contributed by atoms with E-state index in [0.29, 0.717) is 48.3 Å². The smallest absolute Gasteiger partial charge is 0.268 e. The average molecular weight is 507 g/mol. The van der Waals surface area contributed by atoms with Gasteiger partial charge < -0.3 is 20.9 Å². The zero-order valence-corrected chi connectivity index (χ0v) is 20.6. The Kier molecular flexibility index (Phi) is 8.76. The summed E-state index contributed by atoms with van der Waals surface area (Å²) in [5, 5.41) is 9.60. The summed E-state index contributed by atoms with van der Waals surface area (Å²) in [4.78, 5) is 50.8. The van der Waals surface area contributed by atoms with E-state index < -0.39 is 23.8 Å². The largest absolute Gasteiger partial charge is 0.379 e. The summed E-state index contributed by atoms with van der Waals surface area (Å²) in [7, 11) is 0. The van der Waals surface area contributed by atoms with Gasteiger partial charge in [-0.25, -0.2) is 18.8 Å². The Morgan fingerprint density at radius 1 is 1.08 bits per heavy atom. The van der Waals surface area contributed by atoms with E-state index in [-0.39, 0.29) is 17.3 Å². The lowest BCUT2D eigenvalue weighted by Gasteiger charge is -2.29. The highest BCUT2D eigenvalue weighted by atomic mass is 19.1. The number of carbonyl (C=O) groups is 1. The number of hydrogen-bond donors (Lipinski definition) is 4. The van der Waals surface area contributed by atoms with Gasteiger partial charge in [0, 0.05) is 29.4 Å². The standard InChI is InChI=1S/C28H31FN4O4/c29-21-6-7-23-20(13-21)15-25(32-23)28(37)33-24(12-18-4-2-1-3-5-18)27(17-36)31-22(9-11-34)14-19-8-10-30-26(19)16-35/h6-7,9,13,15,18-19,22,24,30-32H,1-5,8,10,12,14H2,(H,33,37)/t19-,22?,24?/m0/s1. The van der Waals surface area contributed by atoms with Crippen molar-refractivity contribution >= 4 is 34.6 Å². The van der Waals surface area contributed by atoms with Crippen LogP contribution in [0.15, 0.2) is 41.7 Å². The lowest BCUT2D eigenvalue weighted by atomic mass is 9.84. The minimum absolute atomic E-state index is 0.134. The number of carbonyl (C=O) groups excluding carboxylic acids is 4. The second kappa shape index (κ2) is 12.4. The van der Waals surface area contributed by atoms with Crippen molar-refractivity contribution in [1.29, 1.82) is 0 Å². The van der Waals surface area contributed by atoms with Crippen LogP contribution in [0.2, 0.25) is 0 Å². The molecule has 37 heavy (non-hydrogen) atoms. The van der Waals surface area contributed by atoms with Gasteiger partial charge in [-0.05, 0) is 49.4 Å². The summed E-state index contributed by atoms with van der Waals surface area (Å²) in [6.45, 7) is 0.637. The third-order valence-corrected chi connectivity index (χ3v) is 7.36. The fraction of sp³-hybridized carbons (Fsp3) is 0.464. The number of benzene rings is 1. The molecule has 2 heterocycles. The lowest BCUT2D eigenvalue weighted by Crippen LogP contribution is -2.44. The summed E-state index contributed by atoms with van der Waals surface area (Å²) in [6.07, 6.45) is 8.28. The number of H-pyrrole nitrogens is 1. The van der Waals surface area contributed by atoms with E-state index >= 15 is 0 Å². The number of amides is 1. The molecule has 2 aliphatic rings. The molecule has 1 saturated heterocycles. The van der Waals surface area contributed by atoms with E-state index in [4.69, 9.17) is 0 Å². The van der Waals surface area contributed by atoms with E-state index in [1.807, 2.05) is 11.9 Å². The molecule has 1 aliphatic carbocycles. The molecule has 1 aromatic heterocycles. The van der Waals surface area contributed by atoms with Crippen molar-refractivity contribution in [2.24, 2.45) is 11.8 Å². The molecule has 2 fully saturated rings. The first-order valence-electron chi connectivity index (χ1n) is 12.8. The fourth-order valence-electron chi connectivity index (χ4n) is 5.45. The first-order chi connectivity index (χ1) is 18.0. The molecule has 0 bridgehead atoms. The number of nitrogens with one attached hydrogen (secondary N) is 4. The highest BCUT2D eigenvalue weighted by molar-refractivity contribution is 5.98. The molecular weight excluding hydrogens is 475 g/mol. The minimum Gasteiger partial charge on any atom is -0.379 e. The van der Waals surface area contributed by atoms with E-state index in [2.05, 4.69) is 20.9 Å². The van der Waals surface area contributed by atoms with Gasteiger partial charge in [-0.15, -0.1) is 0 Å². The molecule has 0 radical (unpaired) electrons. The number of fused-ring (bicyclic) bond motifs is 1. The van der Waals surface area contributed by atoms with Crippen LogP contribution in [0.3, 0.4) is 0 Å². The van der Waals surface area contributed by atoms with Crippen molar-refractivity contribution in [3.63, 3.8) is 0 Å². The van der Waals surface area contributed by atoms with Crippen molar-refractivity contribution in [3.8, 4) is 0 Å². The van der Waals surface area contributed by atoms with Crippen LogP contribution in [0.4, 0.5) is 4.39 Å². The fourth-order valence-corrected chi connectivity index (χ4v) is 5.45. The Morgan fingerprint density at radius 3 is 2.62 bits per heavy atom. The average Bonchev–Trinajstić information content (AvgIpc) is 3.53. The molecule has 8 nitrogen and oxygen atoms in total. The van der Waals surface area contributed by atoms with E-state index in [1.165, 1.54) is 24.6 Å². The third kappa shape index (κ3) is 6.66. The molecule has 2 unspecified atom stereocenters. The van der Waals surface area contributed by atoms with Gasteiger partial charge in [-0.3, -0.25) is 4.79 Å². The van der Waals surface area contributed by atoms with Crippen molar-refractivity contribution in [1.82, 2.24) is 20.9 Å². The summed E-state index contributed by atoms with van der Waals surface area (Å²) in [6, 6.07) is 4.55.